The van der Waals surface area contributed by atoms with Crippen LogP contribution in [-0.2, 0) is 4.79 Å². The fraction of sp³-hybridized carbons (Fsp3) is 0.125. The summed E-state index contributed by atoms with van der Waals surface area (Å²) in [7, 11) is 0. The first-order chi connectivity index (χ1) is 7.70. The molecule has 0 saturated heterocycles. The normalized spacial score (nSPS) is 9.00. The Bertz CT molecular complexity index is 467. The lowest BCUT2D eigenvalue weighted by molar-refractivity contribution is -0.385. The van der Waals surface area contributed by atoms with Crippen LogP contribution in [0.3, 0.4) is 0 Å². The molecule has 0 radical (unpaired) electrons. The molecule has 0 unspecified atom stereocenters. The number of nitro groups is 1. The molecule has 1 rings (SSSR count). The maximum atomic E-state index is 10.7. The average molecular weight is 222 g/mol. The Balaban J connectivity index is 3.25. The third-order valence-electron chi connectivity index (χ3n) is 1.62. The number of azide groups is 1. The minimum Gasteiger partial charge on any atom is -0.479 e. The molecule has 0 fully saturated rings. The van der Waals surface area contributed by atoms with E-state index in [1.807, 2.05) is 0 Å². The summed E-state index contributed by atoms with van der Waals surface area (Å²) in [4.78, 5) is 22.6. The predicted octanol–water partition coefficient (Wildman–Crippen LogP) is 2.11. The summed E-state index contributed by atoms with van der Waals surface area (Å²) in [6.07, 6.45) is 0.462. The van der Waals surface area contributed by atoms with E-state index in [1.54, 1.807) is 0 Å². The van der Waals surface area contributed by atoms with Gasteiger partial charge >= 0.3 is 5.69 Å². The number of ether oxygens (including phenoxy) is 1. The van der Waals surface area contributed by atoms with Gasteiger partial charge in [-0.2, -0.15) is 0 Å². The second-order valence-electron chi connectivity index (χ2n) is 2.55. The highest BCUT2D eigenvalue weighted by atomic mass is 16.6. The van der Waals surface area contributed by atoms with Crippen molar-refractivity contribution in [1.82, 2.24) is 0 Å². The smallest absolute Gasteiger partial charge is 0.320 e. The Morgan fingerprint density at radius 3 is 2.94 bits per heavy atom. The van der Waals surface area contributed by atoms with Gasteiger partial charge in [-0.3, -0.25) is 14.9 Å². The Labute approximate surface area is 89.2 Å². The Kier molecular flexibility index (Phi) is 3.82. The van der Waals surface area contributed by atoms with Crippen molar-refractivity contribution in [3.63, 3.8) is 0 Å². The van der Waals surface area contributed by atoms with Crippen LogP contribution in [0.5, 0.6) is 5.75 Å². The zero-order valence-corrected chi connectivity index (χ0v) is 7.94. The van der Waals surface area contributed by atoms with E-state index < -0.39 is 10.6 Å². The molecule has 0 aliphatic rings. The largest absolute Gasteiger partial charge is 0.479 e. The topological polar surface area (TPSA) is 118 Å². The summed E-state index contributed by atoms with van der Waals surface area (Å²) in [5.74, 6) is -0.109. The van der Waals surface area contributed by atoms with E-state index in [2.05, 4.69) is 10.0 Å². The molecule has 0 aliphatic heterocycles. The lowest BCUT2D eigenvalue weighted by atomic mass is 10.2. The van der Waals surface area contributed by atoms with Gasteiger partial charge in [-0.25, -0.2) is 0 Å². The zero-order chi connectivity index (χ0) is 12.0. The summed E-state index contributed by atoms with van der Waals surface area (Å²) < 4.78 is 4.84. The van der Waals surface area contributed by atoms with Crippen molar-refractivity contribution >= 4 is 17.7 Å². The number of hydrogen-bond acceptors (Lipinski definition) is 5. The van der Waals surface area contributed by atoms with Crippen LogP contribution in [0.1, 0.15) is 0 Å². The van der Waals surface area contributed by atoms with Crippen molar-refractivity contribution in [1.29, 1.82) is 0 Å². The molecule has 0 N–H and O–H groups in total. The molecule has 8 nitrogen and oxygen atoms in total. The average Bonchev–Trinajstić information content (AvgIpc) is 2.26. The van der Waals surface area contributed by atoms with Crippen molar-refractivity contribution in [2.24, 2.45) is 5.11 Å². The van der Waals surface area contributed by atoms with Gasteiger partial charge in [0.15, 0.2) is 12.0 Å². The number of hydrogen-bond donors (Lipinski definition) is 0. The van der Waals surface area contributed by atoms with E-state index in [-0.39, 0.29) is 18.0 Å². The predicted molar refractivity (Wildman–Crippen MR) is 53.5 cm³/mol. The quantitative estimate of drug-likeness (QED) is 0.189. The molecule has 0 atom stereocenters. The zero-order valence-electron chi connectivity index (χ0n) is 7.94. The number of rotatable bonds is 5. The Hall–Kier alpha value is -2.60. The second-order valence-corrected chi connectivity index (χ2v) is 2.55. The fourth-order valence-corrected chi connectivity index (χ4v) is 1.06. The highest BCUT2D eigenvalue weighted by molar-refractivity contribution is 5.65. The van der Waals surface area contributed by atoms with Crippen molar-refractivity contribution in [3.05, 3.63) is 38.8 Å². The first-order valence-corrected chi connectivity index (χ1v) is 4.09. The maximum absolute atomic E-state index is 10.7. The fourth-order valence-electron chi connectivity index (χ4n) is 1.06. The van der Waals surface area contributed by atoms with Gasteiger partial charge < -0.3 is 4.74 Å². The van der Waals surface area contributed by atoms with Gasteiger partial charge in [-0.15, -0.1) is 0 Å². The van der Waals surface area contributed by atoms with E-state index in [4.69, 9.17) is 10.3 Å². The van der Waals surface area contributed by atoms with Gasteiger partial charge in [0.2, 0.25) is 0 Å². The summed E-state index contributed by atoms with van der Waals surface area (Å²) in [5, 5.41) is 13.9. The Morgan fingerprint density at radius 2 is 2.38 bits per heavy atom. The number of nitro benzene ring substituents is 1. The van der Waals surface area contributed by atoms with E-state index in [1.165, 1.54) is 18.2 Å². The molecule has 82 valence electrons. The SMILES string of the molecule is [N-]=[N+]=Nc1cccc(OCC=O)c1[N+](=O)[O-]. The first kappa shape index (κ1) is 11.5. The second kappa shape index (κ2) is 5.32. The van der Waals surface area contributed by atoms with Gasteiger partial charge in [-0.05, 0) is 17.7 Å². The number of para-hydroxylation sites is 1. The summed E-state index contributed by atoms with van der Waals surface area (Å²) >= 11 is 0. The molecular weight excluding hydrogens is 216 g/mol. The Morgan fingerprint density at radius 1 is 1.62 bits per heavy atom. The van der Waals surface area contributed by atoms with Crippen LogP contribution in [0, 0.1) is 10.1 Å². The number of benzene rings is 1. The molecule has 0 aliphatic carbocycles. The van der Waals surface area contributed by atoms with Crippen LogP contribution in [0.25, 0.3) is 10.4 Å². The van der Waals surface area contributed by atoms with Crippen LogP contribution in [0.15, 0.2) is 23.3 Å². The van der Waals surface area contributed by atoms with Gasteiger partial charge in [-0.1, -0.05) is 11.2 Å². The van der Waals surface area contributed by atoms with Crippen LogP contribution in [-0.4, -0.2) is 17.8 Å². The molecule has 0 saturated carbocycles. The molecular formula is C8H6N4O4. The van der Waals surface area contributed by atoms with E-state index in [0.29, 0.717) is 6.29 Å². The molecule has 8 heteroatoms. The number of carbonyl (C=O) groups is 1. The van der Waals surface area contributed by atoms with Crippen LogP contribution >= 0.6 is 0 Å². The minimum absolute atomic E-state index is 0.109. The lowest BCUT2D eigenvalue weighted by Gasteiger charge is -2.04. The van der Waals surface area contributed by atoms with Crippen molar-refractivity contribution in [2.75, 3.05) is 6.61 Å². The van der Waals surface area contributed by atoms with Crippen LogP contribution in [0.2, 0.25) is 0 Å². The van der Waals surface area contributed by atoms with Crippen molar-refractivity contribution in [3.8, 4) is 5.75 Å². The van der Waals surface area contributed by atoms with E-state index >= 15 is 0 Å². The highest BCUT2D eigenvalue weighted by Crippen LogP contribution is 2.36. The van der Waals surface area contributed by atoms with Gasteiger partial charge in [0.1, 0.15) is 12.3 Å². The monoisotopic (exact) mass is 222 g/mol. The van der Waals surface area contributed by atoms with Crippen molar-refractivity contribution in [2.45, 2.75) is 0 Å². The third kappa shape index (κ3) is 2.46. The number of carbonyl (C=O) groups excluding carboxylic acids is 1. The molecule has 16 heavy (non-hydrogen) atoms. The van der Waals surface area contributed by atoms with Crippen LogP contribution < -0.4 is 4.74 Å². The standard InChI is InChI=1S/C8H6N4O4/c9-11-10-6-2-1-3-7(16-5-4-13)8(6)12(14)15/h1-4H,5H2. The number of nitrogens with zero attached hydrogens (tertiary/aromatic N) is 4. The molecule has 0 amide bonds. The molecule has 0 bridgehead atoms. The summed E-state index contributed by atoms with van der Waals surface area (Å²) in [6.45, 7) is -0.305. The van der Waals surface area contributed by atoms with Gasteiger partial charge in [0.05, 0.1) is 4.92 Å². The van der Waals surface area contributed by atoms with E-state index in [0.717, 1.165) is 0 Å². The van der Waals surface area contributed by atoms with Crippen molar-refractivity contribution < 1.29 is 14.5 Å². The lowest BCUT2D eigenvalue weighted by Crippen LogP contribution is -2.01. The first-order valence-electron chi connectivity index (χ1n) is 4.09. The van der Waals surface area contributed by atoms with Gasteiger partial charge in [0.25, 0.3) is 0 Å². The summed E-state index contributed by atoms with van der Waals surface area (Å²) in [5.41, 5.74) is 7.62. The number of aldehydes is 1. The molecule has 0 spiro atoms. The third-order valence-corrected chi connectivity index (χ3v) is 1.62. The molecule has 1 aromatic rings. The van der Waals surface area contributed by atoms with E-state index in [9.17, 15) is 14.9 Å². The minimum atomic E-state index is -0.732. The highest BCUT2D eigenvalue weighted by Gasteiger charge is 2.19. The van der Waals surface area contributed by atoms with Gasteiger partial charge in [0, 0.05) is 4.91 Å². The maximum Gasteiger partial charge on any atom is 0.320 e. The van der Waals surface area contributed by atoms with Crippen LogP contribution in [0.4, 0.5) is 11.4 Å². The summed E-state index contributed by atoms with van der Waals surface area (Å²) in [6, 6.07) is 4.03. The molecule has 1 aromatic carbocycles. The molecule has 0 aromatic heterocycles. The molecule has 0 heterocycles.